The van der Waals surface area contributed by atoms with Gasteiger partial charge in [-0.2, -0.15) is 0 Å². The van der Waals surface area contributed by atoms with Gasteiger partial charge in [-0.1, -0.05) is 0 Å². The lowest BCUT2D eigenvalue weighted by molar-refractivity contribution is 0.273. The highest BCUT2D eigenvalue weighted by Crippen LogP contribution is 2.48. The Morgan fingerprint density at radius 2 is 1.86 bits per heavy atom. The second kappa shape index (κ2) is 7.03. The van der Waals surface area contributed by atoms with Crippen molar-refractivity contribution in [1.29, 1.82) is 0 Å². The fourth-order valence-corrected chi connectivity index (χ4v) is 4.13. The van der Waals surface area contributed by atoms with Crippen molar-refractivity contribution in [2.75, 3.05) is 18.9 Å². The summed E-state index contributed by atoms with van der Waals surface area (Å²) < 4.78 is 42.1. The van der Waals surface area contributed by atoms with Crippen LogP contribution in [0, 0.1) is 0 Å². The Kier molecular flexibility index (Phi) is 5.54. The van der Waals surface area contributed by atoms with Crippen molar-refractivity contribution in [3.8, 4) is 5.75 Å². The van der Waals surface area contributed by atoms with Crippen LogP contribution in [-0.2, 0) is 30.9 Å². The van der Waals surface area contributed by atoms with Crippen LogP contribution >= 0.6 is 18.1 Å². The summed E-state index contributed by atoms with van der Waals surface area (Å²) in [5.41, 5.74) is 0. The molecule has 0 unspecified atom stereocenters. The number of thiazole rings is 1. The zero-order valence-electron chi connectivity index (χ0n) is 11.6. The Labute approximate surface area is 137 Å². The van der Waals surface area contributed by atoms with Crippen LogP contribution in [0.15, 0.2) is 40.7 Å². The molecule has 0 aliphatic rings. The molecule has 7 nitrogen and oxygen atoms in total. The number of sulfonamides is 1. The highest BCUT2D eigenvalue weighted by molar-refractivity contribution is 8.07. The van der Waals surface area contributed by atoms with Crippen molar-refractivity contribution in [2.24, 2.45) is 0 Å². The average Bonchev–Trinajstić information content (AvgIpc) is 3.00. The van der Waals surface area contributed by atoms with E-state index in [1.807, 2.05) is 0 Å². The van der Waals surface area contributed by atoms with E-state index in [9.17, 15) is 8.42 Å². The molecule has 0 atom stereocenters. The van der Waals surface area contributed by atoms with Gasteiger partial charge in [0.25, 0.3) is 10.0 Å². The maximum absolute atomic E-state index is 12.2. The van der Waals surface area contributed by atoms with Gasteiger partial charge in [-0.05, 0) is 24.3 Å². The summed E-state index contributed by atoms with van der Waals surface area (Å²) in [7, 11) is -0.912. The minimum atomic E-state index is -3.69. The Bertz CT molecular complexity index is 754. The third kappa shape index (κ3) is 4.25. The summed E-state index contributed by atoms with van der Waals surface area (Å²) in [4.78, 5) is 3.96. The van der Waals surface area contributed by atoms with E-state index >= 15 is 0 Å². The Hall–Kier alpha value is -1.03. The van der Waals surface area contributed by atoms with E-state index in [1.165, 1.54) is 56.0 Å². The first-order valence-corrected chi connectivity index (χ1v) is 10.7. The molecule has 0 aliphatic heterocycles. The normalized spacial score (nSPS) is 12.1. The molecular weight excluding hydrogens is 367 g/mol. The predicted molar refractivity (Wildman–Crippen MR) is 88.3 cm³/mol. The minimum Gasteiger partial charge on any atom is -0.424 e. The first-order chi connectivity index (χ1) is 10.4. The van der Waals surface area contributed by atoms with Crippen LogP contribution in [0.4, 0.5) is 5.13 Å². The average molecular weight is 380 g/mol. The molecule has 2 rings (SSSR count). The molecule has 0 spiro atoms. The molecule has 0 fully saturated rings. The standard InChI is InChI=1S/C11H13N2O5PS3/c1-16-19(20,17-2)18-9-3-5-10(6-4-9)22(14,15)13-11-12-7-8-21-11/h3-8H,1-2H3,(H,12,13). The van der Waals surface area contributed by atoms with Gasteiger partial charge < -0.3 is 13.6 Å². The molecular formula is C11H13N2O5PS3. The SMILES string of the molecule is COP(=S)(OC)Oc1ccc(S(=O)(=O)Nc2nccs2)cc1. The van der Waals surface area contributed by atoms with E-state index in [1.54, 1.807) is 5.38 Å². The zero-order valence-corrected chi connectivity index (χ0v) is 15.0. The van der Waals surface area contributed by atoms with E-state index in [4.69, 9.17) is 25.4 Å². The number of benzene rings is 1. The van der Waals surface area contributed by atoms with Crippen LogP contribution in [-0.4, -0.2) is 27.6 Å². The molecule has 1 aromatic carbocycles. The van der Waals surface area contributed by atoms with Crippen molar-refractivity contribution in [2.45, 2.75) is 4.90 Å². The van der Waals surface area contributed by atoms with Crippen LogP contribution in [0.1, 0.15) is 0 Å². The second-order valence-corrected chi connectivity index (χ2v) is 9.54. The first-order valence-electron chi connectivity index (χ1n) is 5.82. The van der Waals surface area contributed by atoms with Crippen LogP contribution < -0.4 is 9.25 Å². The lowest BCUT2D eigenvalue weighted by Gasteiger charge is -2.18. The van der Waals surface area contributed by atoms with Crippen LogP contribution in [0.25, 0.3) is 0 Å². The molecule has 0 radical (unpaired) electrons. The molecule has 0 amide bonds. The molecule has 2 aromatic rings. The summed E-state index contributed by atoms with van der Waals surface area (Å²) in [6.45, 7) is -2.85. The smallest absolute Gasteiger partial charge is 0.380 e. The molecule has 1 aromatic heterocycles. The summed E-state index contributed by atoms with van der Waals surface area (Å²) in [5, 5.41) is 1.98. The molecule has 22 heavy (non-hydrogen) atoms. The van der Waals surface area contributed by atoms with E-state index < -0.39 is 16.7 Å². The molecule has 0 bridgehead atoms. The van der Waals surface area contributed by atoms with Crippen molar-refractivity contribution in [3.63, 3.8) is 0 Å². The van der Waals surface area contributed by atoms with Crippen molar-refractivity contribution in [1.82, 2.24) is 4.98 Å². The van der Waals surface area contributed by atoms with Gasteiger partial charge in [0.05, 0.1) is 4.90 Å². The van der Waals surface area contributed by atoms with Gasteiger partial charge >= 0.3 is 6.72 Å². The van der Waals surface area contributed by atoms with Crippen molar-refractivity contribution in [3.05, 3.63) is 35.8 Å². The van der Waals surface area contributed by atoms with E-state index in [2.05, 4.69) is 9.71 Å². The fourth-order valence-electron chi connectivity index (χ4n) is 1.41. The van der Waals surface area contributed by atoms with E-state index in [-0.39, 0.29) is 4.90 Å². The third-order valence-electron chi connectivity index (χ3n) is 2.45. The molecule has 0 saturated heterocycles. The number of hydrogen-bond acceptors (Lipinski definition) is 8. The monoisotopic (exact) mass is 380 g/mol. The van der Waals surface area contributed by atoms with Gasteiger partial charge in [0.15, 0.2) is 5.13 Å². The molecule has 120 valence electrons. The quantitative estimate of drug-likeness (QED) is 0.739. The molecule has 0 saturated carbocycles. The lowest BCUT2D eigenvalue weighted by atomic mass is 10.3. The van der Waals surface area contributed by atoms with Crippen molar-refractivity contribution >= 4 is 45.0 Å². The summed E-state index contributed by atoms with van der Waals surface area (Å²) in [5.74, 6) is 0.361. The van der Waals surface area contributed by atoms with Gasteiger partial charge in [0.1, 0.15) is 5.75 Å². The second-order valence-electron chi connectivity index (χ2n) is 3.82. The van der Waals surface area contributed by atoms with Gasteiger partial charge in [0.2, 0.25) is 0 Å². The fraction of sp³-hybridized carbons (Fsp3) is 0.182. The largest absolute Gasteiger partial charge is 0.424 e. The van der Waals surface area contributed by atoms with Gasteiger partial charge in [-0.3, -0.25) is 4.72 Å². The van der Waals surface area contributed by atoms with Crippen molar-refractivity contribution < 1.29 is 22.0 Å². The summed E-state index contributed by atoms with van der Waals surface area (Å²) in [6, 6.07) is 5.76. The summed E-state index contributed by atoms with van der Waals surface area (Å²) >= 11 is 6.27. The topological polar surface area (TPSA) is 86.8 Å². The lowest BCUT2D eigenvalue weighted by Crippen LogP contribution is -2.12. The number of nitrogens with one attached hydrogen (secondary N) is 1. The highest BCUT2D eigenvalue weighted by Gasteiger charge is 2.20. The van der Waals surface area contributed by atoms with Gasteiger partial charge in [-0.15, -0.1) is 11.3 Å². The third-order valence-corrected chi connectivity index (χ3v) is 7.07. The number of anilines is 1. The van der Waals surface area contributed by atoms with E-state index in [0.717, 1.165) is 0 Å². The van der Waals surface area contributed by atoms with Crippen LogP contribution in [0.5, 0.6) is 5.75 Å². The van der Waals surface area contributed by atoms with Gasteiger partial charge in [0, 0.05) is 37.6 Å². The molecule has 0 aliphatic carbocycles. The van der Waals surface area contributed by atoms with Crippen LogP contribution in [0.2, 0.25) is 0 Å². The highest BCUT2D eigenvalue weighted by atomic mass is 32.5. The Morgan fingerprint density at radius 3 is 2.36 bits per heavy atom. The maximum Gasteiger partial charge on any atom is 0.380 e. The van der Waals surface area contributed by atoms with Gasteiger partial charge in [-0.25, -0.2) is 13.4 Å². The maximum atomic E-state index is 12.2. The summed E-state index contributed by atoms with van der Waals surface area (Å²) in [6.07, 6.45) is 1.52. The molecule has 1 N–H and O–H groups in total. The Balaban J connectivity index is 2.16. The number of hydrogen-bond donors (Lipinski definition) is 1. The van der Waals surface area contributed by atoms with Crippen LogP contribution in [0.3, 0.4) is 0 Å². The number of rotatable bonds is 7. The number of nitrogens with zero attached hydrogens (tertiary/aromatic N) is 1. The molecule has 1 heterocycles. The molecule has 11 heteroatoms. The predicted octanol–water partition coefficient (Wildman–Crippen LogP) is 2.84. The number of aromatic nitrogens is 1. The minimum absolute atomic E-state index is 0.0817. The first kappa shape index (κ1) is 17.3. The zero-order chi connectivity index (χ0) is 16.2. The van der Waals surface area contributed by atoms with E-state index in [0.29, 0.717) is 10.9 Å². The Morgan fingerprint density at radius 1 is 1.23 bits per heavy atom.